The summed E-state index contributed by atoms with van der Waals surface area (Å²) in [6, 6.07) is 4.15. The van der Waals surface area contributed by atoms with E-state index in [1.165, 1.54) is 6.42 Å². The molecule has 1 N–H and O–H groups in total. The number of rotatable bonds is 3. The van der Waals surface area contributed by atoms with E-state index < -0.39 is 0 Å². The number of likely N-dealkylation sites (tertiary alicyclic amines) is 2. The highest BCUT2D eigenvalue weighted by molar-refractivity contribution is 5.75. The molecule has 2 aliphatic rings. The molecule has 0 unspecified atom stereocenters. The zero-order valence-electron chi connectivity index (χ0n) is 13.3. The van der Waals surface area contributed by atoms with Crippen LogP contribution in [0.2, 0.25) is 0 Å². The molecule has 3 heterocycles. The van der Waals surface area contributed by atoms with E-state index in [2.05, 4.69) is 22.2 Å². The molecule has 2 saturated heterocycles. The van der Waals surface area contributed by atoms with E-state index >= 15 is 0 Å². The molecule has 0 aliphatic carbocycles. The Bertz CT molecular complexity index is 537. The third-order valence-corrected chi connectivity index (χ3v) is 4.78. The number of nitrogens with zero attached hydrogens (tertiary/aromatic N) is 3. The molecule has 0 radical (unpaired) electrons. The van der Waals surface area contributed by atoms with Gasteiger partial charge in [0.05, 0.1) is 7.11 Å². The Morgan fingerprint density at radius 3 is 3.09 bits per heavy atom. The van der Waals surface area contributed by atoms with Crippen LogP contribution in [-0.4, -0.2) is 60.6 Å². The van der Waals surface area contributed by atoms with Gasteiger partial charge in [0.2, 0.25) is 5.88 Å². The lowest BCUT2D eigenvalue weighted by Crippen LogP contribution is -2.51. The first-order valence-electron chi connectivity index (χ1n) is 7.89. The summed E-state index contributed by atoms with van der Waals surface area (Å²) in [7, 11) is 3.72. The maximum Gasteiger partial charge on any atom is 0.317 e. The molecule has 2 amide bonds. The minimum Gasteiger partial charge on any atom is -0.481 e. The van der Waals surface area contributed by atoms with Gasteiger partial charge in [0.25, 0.3) is 0 Å². The van der Waals surface area contributed by atoms with Gasteiger partial charge in [0.1, 0.15) is 0 Å². The van der Waals surface area contributed by atoms with E-state index in [-0.39, 0.29) is 6.03 Å². The quantitative estimate of drug-likeness (QED) is 0.915. The molecule has 120 valence electrons. The number of hydrogen-bond donors (Lipinski definition) is 1. The first-order valence-corrected chi connectivity index (χ1v) is 7.89. The third kappa shape index (κ3) is 3.16. The summed E-state index contributed by atoms with van der Waals surface area (Å²) in [4.78, 5) is 20.9. The highest BCUT2D eigenvalue weighted by atomic mass is 16.5. The molecule has 3 rings (SSSR count). The van der Waals surface area contributed by atoms with Crippen molar-refractivity contribution in [3.63, 3.8) is 0 Å². The fourth-order valence-electron chi connectivity index (χ4n) is 3.50. The minimum atomic E-state index is 0.0404. The van der Waals surface area contributed by atoms with Crippen molar-refractivity contribution in [3.8, 4) is 5.88 Å². The van der Waals surface area contributed by atoms with Crippen molar-refractivity contribution in [2.75, 3.05) is 33.8 Å². The van der Waals surface area contributed by atoms with Crippen LogP contribution < -0.4 is 10.1 Å². The summed E-state index contributed by atoms with van der Waals surface area (Å²) in [6.07, 6.45) is 4.03. The van der Waals surface area contributed by atoms with E-state index in [9.17, 15) is 4.79 Å². The molecule has 1 aromatic heterocycles. The maximum absolute atomic E-state index is 12.5. The van der Waals surface area contributed by atoms with Crippen LogP contribution in [0.5, 0.6) is 5.88 Å². The molecular weight excluding hydrogens is 280 g/mol. The first kappa shape index (κ1) is 15.1. The van der Waals surface area contributed by atoms with E-state index in [4.69, 9.17) is 4.74 Å². The SMILES string of the molecule is COc1cc(CNC(=O)N2CC[C@@H]3CCN(C)C[C@@H]32)ccn1. The Labute approximate surface area is 131 Å². The molecular formula is C16H24N4O2. The monoisotopic (exact) mass is 304 g/mol. The third-order valence-electron chi connectivity index (χ3n) is 4.78. The van der Waals surface area contributed by atoms with Crippen molar-refractivity contribution in [1.82, 2.24) is 20.1 Å². The van der Waals surface area contributed by atoms with Crippen LogP contribution in [0, 0.1) is 5.92 Å². The molecule has 22 heavy (non-hydrogen) atoms. The lowest BCUT2D eigenvalue weighted by atomic mass is 9.92. The predicted molar refractivity (Wildman–Crippen MR) is 83.7 cm³/mol. The molecule has 0 aromatic carbocycles. The number of urea groups is 1. The second kappa shape index (κ2) is 6.52. The molecule has 2 aliphatic heterocycles. The van der Waals surface area contributed by atoms with Crippen molar-refractivity contribution in [2.24, 2.45) is 5.92 Å². The minimum absolute atomic E-state index is 0.0404. The van der Waals surface area contributed by atoms with Gasteiger partial charge in [-0.3, -0.25) is 0 Å². The fourth-order valence-corrected chi connectivity index (χ4v) is 3.50. The van der Waals surface area contributed by atoms with Crippen molar-refractivity contribution < 1.29 is 9.53 Å². The van der Waals surface area contributed by atoms with Crippen molar-refractivity contribution in [1.29, 1.82) is 0 Å². The number of fused-ring (bicyclic) bond motifs is 1. The number of amides is 2. The Morgan fingerprint density at radius 2 is 2.27 bits per heavy atom. The van der Waals surface area contributed by atoms with Crippen LogP contribution in [0.15, 0.2) is 18.3 Å². The normalized spacial score (nSPS) is 24.9. The zero-order chi connectivity index (χ0) is 15.5. The van der Waals surface area contributed by atoms with E-state index in [0.717, 1.165) is 31.6 Å². The summed E-state index contributed by atoms with van der Waals surface area (Å²) in [6.45, 7) is 3.50. The largest absolute Gasteiger partial charge is 0.481 e. The Morgan fingerprint density at radius 1 is 1.45 bits per heavy atom. The predicted octanol–water partition coefficient (Wildman–Crippen LogP) is 1.33. The number of aromatic nitrogens is 1. The highest BCUT2D eigenvalue weighted by Gasteiger charge is 2.39. The molecule has 0 bridgehead atoms. The fraction of sp³-hybridized carbons (Fsp3) is 0.625. The van der Waals surface area contributed by atoms with Gasteiger partial charge in [-0.1, -0.05) is 0 Å². The molecule has 6 nitrogen and oxygen atoms in total. The number of hydrogen-bond acceptors (Lipinski definition) is 4. The summed E-state index contributed by atoms with van der Waals surface area (Å²) in [5, 5.41) is 3.03. The molecule has 0 spiro atoms. The Hall–Kier alpha value is -1.82. The maximum atomic E-state index is 12.5. The lowest BCUT2D eigenvalue weighted by molar-refractivity contribution is 0.131. The molecule has 2 fully saturated rings. The van der Waals surface area contributed by atoms with E-state index in [1.807, 2.05) is 17.0 Å². The Balaban J connectivity index is 1.57. The number of carbonyl (C=O) groups is 1. The average Bonchev–Trinajstić information content (AvgIpc) is 2.96. The topological polar surface area (TPSA) is 57.7 Å². The summed E-state index contributed by atoms with van der Waals surface area (Å²) in [5.74, 6) is 1.24. The number of methoxy groups -OCH3 is 1. The molecule has 2 atom stereocenters. The summed E-state index contributed by atoms with van der Waals surface area (Å²) in [5.41, 5.74) is 0.997. The second-order valence-corrected chi connectivity index (χ2v) is 6.23. The van der Waals surface area contributed by atoms with Gasteiger partial charge in [-0.05, 0) is 44.0 Å². The van der Waals surface area contributed by atoms with E-state index in [0.29, 0.717) is 24.4 Å². The zero-order valence-corrected chi connectivity index (χ0v) is 13.3. The lowest BCUT2D eigenvalue weighted by Gasteiger charge is -2.36. The van der Waals surface area contributed by atoms with Gasteiger partial charge >= 0.3 is 6.03 Å². The Kier molecular flexibility index (Phi) is 4.47. The number of nitrogens with one attached hydrogen (secondary N) is 1. The van der Waals surface area contributed by atoms with Crippen molar-refractivity contribution >= 4 is 6.03 Å². The molecule has 6 heteroatoms. The summed E-state index contributed by atoms with van der Waals surface area (Å²) < 4.78 is 5.10. The number of ether oxygens (including phenoxy) is 1. The van der Waals surface area contributed by atoms with Crippen LogP contribution in [0.1, 0.15) is 18.4 Å². The highest BCUT2D eigenvalue weighted by Crippen LogP contribution is 2.31. The van der Waals surface area contributed by atoms with Crippen molar-refractivity contribution in [2.45, 2.75) is 25.4 Å². The number of piperidine rings is 1. The average molecular weight is 304 g/mol. The molecule has 0 saturated carbocycles. The van der Waals surface area contributed by atoms with Crippen LogP contribution >= 0.6 is 0 Å². The van der Waals surface area contributed by atoms with Gasteiger partial charge in [0.15, 0.2) is 0 Å². The standard InChI is InChI=1S/C16H24N4O2/c1-19-7-4-13-5-8-20(14(13)11-19)16(21)18-10-12-3-6-17-15(9-12)22-2/h3,6,9,13-14H,4-5,7-8,10-11H2,1-2H3,(H,18,21)/t13-,14-/m0/s1. The van der Waals surface area contributed by atoms with Crippen LogP contribution in [0.4, 0.5) is 4.79 Å². The number of likely N-dealkylation sites (N-methyl/N-ethyl adjacent to an activating group) is 1. The van der Waals surface area contributed by atoms with Gasteiger partial charge in [-0.2, -0.15) is 0 Å². The number of pyridine rings is 1. The van der Waals surface area contributed by atoms with Crippen LogP contribution in [0.25, 0.3) is 0 Å². The van der Waals surface area contributed by atoms with Gasteiger partial charge in [-0.15, -0.1) is 0 Å². The summed E-state index contributed by atoms with van der Waals surface area (Å²) >= 11 is 0. The van der Waals surface area contributed by atoms with Gasteiger partial charge in [-0.25, -0.2) is 9.78 Å². The van der Waals surface area contributed by atoms with E-state index in [1.54, 1.807) is 13.3 Å². The smallest absolute Gasteiger partial charge is 0.317 e. The number of carbonyl (C=O) groups excluding carboxylic acids is 1. The van der Waals surface area contributed by atoms with Crippen molar-refractivity contribution in [3.05, 3.63) is 23.9 Å². The molecule has 1 aromatic rings. The first-order chi connectivity index (χ1) is 10.7. The second-order valence-electron chi connectivity index (χ2n) is 6.23. The van der Waals surface area contributed by atoms with Gasteiger partial charge in [0, 0.05) is 37.9 Å². The van der Waals surface area contributed by atoms with Crippen LogP contribution in [-0.2, 0) is 6.54 Å². The van der Waals surface area contributed by atoms with Gasteiger partial charge < -0.3 is 19.9 Å². The van der Waals surface area contributed by atoms with Crippen LogP contribution in [0.3, 0.4) is 0 Å².